The first-order chi connectivity index (χ1) is 13.8. The van der Waals surface area contributed by atoms with E-state index in [1.165, 1.54) is 54.0 Å². The van der Waals surface area contributed by atoms with Crippen LogP contribution in [0.1, 0.15) is 28.3 Å². The van der Waals surface area contributed by atoms with E-state index in [2.05, 4.69) is 66.7 Å². The minimum atomic E-state index is 0.476. The van der Waals surface area contributed by atoms with Gasteiger partial charge in [-0.25, -0.2) is 0 Å². The Morgan fingerprint density at radius 2 is 1.32 bits per heavy atom. The molecule has 1 aliphatic heterocycles. The number of fused-ring (bicyclic) bond motifs is 3. The molecule has 0 spiro atoms. The van der Waals surface area contributed by atoms with Crippen molar-refractivity contribution >= 4 is 0 Å². The van der Waals surface area contributed by atoms with Crippen LogP contribution in [0.15, 0.2) is 72.8 Å². The summed E-state index contributed by atoms with van der Waals surface area (Å²) in [5.41, 5.74) is 7.90. The van der Waals surface area contributed by atoms with Crippen molar-refractivity contribution in [3.63, 3.8) is 0 Å². The highest BCUT2D eigenvalue weighted by atomic mass is 15.3. The van der Waals surface area contributed by atoms with Gasteiger partial charge in [-0.3, -0.25) is 0 Å². The SMILES string of the molecule is N#Cc1ccc(C[NH+]2CC[NH+](C3c4ccccc4-c4ccccc43)CC2)cc1. The zero-order chi connectivity index (χ0) is 18.9. The molecular weight excluding hydrogens is 342 g/mol. The van der Waals surface area contributed by atoms with Gasteiger partial charge in [0.15, 0.2) is 0 Å². The van der Waals surface area contributed by atoms with E-state index >= 15 is 0 Å². The summed E-state index contributed by atoms with van der Waals surface area (Å²) in [6.45, 7) is 5.82. The lowest BCUT2D eigenvalue weighted by molar-refractivity contribution is -1.03. The summed E-state index contributed by atoms with van der Waals surface area (Å²) in [6.07, 6.45) is 0. The molecule has 2 N–H and O–H groups in total. The average molecular weight is 367 g/mol. The lowest BCUT2D eigenvalue weighted by Crippen LogP contribution is -3.27. The molecule has 0 radical (unpaired) electrons. The van der Waals surface area contributed by atoms with E-state index in [1.807, 2.05) is 12.1 Å². The second-order valence-corrected chi connectivity index (χ2v) is 8.00. The number of hydrogen-bond donors (Lipinski definition) is 2. The van der Waals surface area contributed by atoms with Gasteiger partial charge in [0, 0.05) is 16.7 Å². The smallest absolute Gasteiger partial charge is 0.140 e. The van der Waals surface area contributed by atoms with Gasteiger partial charge < -0.3 is 9.80 Å². The van der Waals surface area contributed by atoms with Crippen LogP contribution >= 0.6 is 0 Å². The van der Waals surface area contributed by atoms with Crippen LogP contribution in [0.2, 0.25) is 0 Å². The van der Waals surface area contributed by atoms with Crippen LogP contribution in [-0.4, -0.2) is 26.2 Å². The molecule has 0 bridgehead atoms. The first kappa shape index (κ1) is 17.2. The summed E-state index contributed by atoms with van der Waals surface area (Å²) in [6, 6.07) is 28.6. The van der Waals surface area contributed by atoms with Crippen molar-refractivity contribution in [2.75, 3.05) is 26.2 Å². The van der Waals surface area contributed by atoms with Crippen molar-refractivity contribution in [2.24, 2.45) is 0 Å². The summed E-state index contributed by atoms with van der Waals surface area (Å²) in [4.78, 5) is 3.34. The van der Waals surface area contributed by atoms with Gasteiger partial charge in [0.05, 0.1) is 11.6 Å². The van der Waals surface area contributed by atoms with E-state index in [9.17, 15) is 0 Å². The van der Waals surface area contributed by atoms with Gasteiger partial charge in [-0.15, -0.1) is 0 Å². The van der Waals surface area contributed by atoms with Crippen molar-refractivity contribution in [3.05, 3.63) is 95.1 Å². The topological polar surface area (TPSA) is 32.7 Å². The molecule has 3 nitrogen and oxygen atoms in total. The molecule has 3 aromatic rings. The third-order valence-electron chi connectivity index (χ3n) is 6.38. The number of quaternary nitrogens is 2. The Morgan fingerprint density at radius 1 is 0.750 bits per heavy atom. The van der Waals surface area contributed by atoms with E-state index < -0.39 is 0 Å². The van der Waals surface area contributed by atoms with Gasteiger partial charge in [-0.2, -0.15) is 5.26 Å². The molecule has 1 saturated heterocycles. The fourth-order valence-corrected chi connectivity index (χ4v) is 4.97. The fourth-order valence-electron chi connectivity index (χ4n) is 4.97. The summed E-state index contributed by atoms with van der Waals surface area (Å²) >= 11 is 0. The zero-order valence-corrected chi connectivity index (χ0v) is 16.0. The van der Waals surface area contributed by atoms with E-state index in [-0.39, 0.29) is 0 Å². The normalized spacial score (nSPS) is 21.0. The van der Waals surface area contributed by atoms with Crippen LogP contribution in [0.3, 0.4) is 0 Å². The molecule has 1 aliphatic carbocycles. The fraction of sp³-hybridized carbons (Fsp3) is 0.240. The number of rotatable bonds is 3. The molecule has 1 fully saturated rings. The Hall–Kier alpha value is -2.93. The van der Waals surface area contributed by atoms with E-state index in [1.54, 1.807) is 9.80 Å². The Balaban J connectivity index is 1.31. The average Bonchev–Trinajstić information content (AvgIpc) is 3.09. The van der Waals surface area contributed by atoms with Gasteiger partial charge in [-0.05, 0) is 23.3 Å². The van der Waals surface area contributed by atoms with Gasteiger partial charge >= 0.3 is 0 Å². The molecule has 5 rings (SSSR count). The lowest BCUT2D eigenvalue weighted by atomic mass is 10.0. The molecule has 3 heteroatoms. The minimum Gasteiger partial charge on any atom is -0.322 e. The molecule has 138 valence electrons. The molecule has 0 amide bonds. The number of nitriles is 1. The molecular formula is C25H25N3+2. The van der Waals surface area contributed by atoms with Crippen molar-refractivity contribution in [1.82, 2.24) is 0 Å². The second-order valence-electron chi connectivity index (χ2n) is 8.00. The largest absolute Gasteiger partial charge is 0.322 e. The van der Waals surface area contributed by atoms with Gasteiger partial charge in [-0.1, -0.05) is 60.7 Å². The molecule has 28 heavy (non-hydrogen) atoms. The van der Waals surface area contributed by atoms with Crippen LogP contribution in [0.4, 0.5) is 0 Å². The molecule has 2 aliphatic rings. The highest BCUT2D eigenvalue weighted by Crippen LogP contribution is 2.41. The highest BCUT2D eigenvalue weighted by molar-refractivity contribution is 5.77. The van der Waals surface area contributed by atoms with E-state index in [0.29, 0.717) is 6.04 Å². The van der Waals surface area contributed by atoms with E-state index in [4.69, 9.17) is 5.26 Å². The Kier molecular flexibility index (Phi) is 4.44. The van der Waals surface area contributed by atoms with Crippen LogP contribution in [0.25, 0.3) is 11.1 Å². The highest BCUT2D eigenvalue weighted by Gasteiger charge is 2.38. The lowest BCUT2D eigenvalue weighted by Gasteiger charge is -2.34. The van der Waals surface area contributed by atoms with Crippen LogP contribution in [0, 0.1) is 11.3 Å². The standard InChI is InChI=1S/C25H23N3/c26-17-19-9-11-20(12-10-19)18-27-13-15-28(16-14-27)25-23-7-3-1-5-21(23)22-6-2-4-8-24(22)25/h1-12,25H,13-16,18H2/p+2. The maximum absolute atomic E-state index is 8.96. The minimum absolute atomic E-state index is 0.476. The third-order valence-corrected chi connectivity index (χ3v) is 6.38. The summed E-state index contributed by atoms with van der Waals surface area (Å²) in [7, 11) is 0. The molecule has 3 aromatic carbocycles. The maximum atomic E-state index is 8.96. The Bertz CT molecular complexity index is 979. The van der Waals surface area contributed by atoms with Crippen molar-refractivity contribution < 1.29 is 9.80 Å². The van der Waals surface area contributed by atoms with Crippen LogP contribution < -0.4 is 9.80 Å². The van der Waals surface area contributed by atoms with E-state index in [0.717, 1.165) is 12.1 Å². The predicted octanol–water partition coefficient (Wildman–Crippen LogP) is 1.61. The first-order valence-electron chi connectivity index (χ1n) is 10.2. The van der Waals surface area contributed by atoms with Crippen LogP contribution in [-0.2, 0) is 6.54 Å². The first-order valence-corrected chi connectivity index (χ1v) is 10.2. The van der Waals surface area contributed by atoms with Gasteiger partial charge in [0.2, 0.25) is 0 Å². The number of nitrogens with one attached hydrogen (secondary N) is 2. The summed E-state index contributed by atoms with van der Waals surface area (Å²) in [5.74, 6) is 0. The summed E-state index contributed by atoms with van der Waals surface area (Å²) < 4.78 is 0. The molecule has 0 atom stereocenters. The summed E-state index contributed by atoms with van der Waals surface area (Å²) in [5, 5.41) is 8.96. The molecule has 0 saturated carbocycles. The Labute approximate surface area is 166 Å². The number of hydrogen-bond acceptors (Lipinski definition) is 1. The third kappa shape index (κ3) is 3.01. The monoisotopic (exact) mass is 367 g/mol. The molecule has 0 unspecified atom stereocenters. The number of nitrogens with zero attached hydrogens (tertiary/aromatic N) is 1. The quantitative estimate of drug-likeness (QED) is 0.724. The van der Waals surface area contributed by atoms with Crippen molar-refractivity contribution in [2.45, 2.75) is 12.6 Å². The maximum Gasteiger partial charge on any atom is 0.140 e. The van der Waals surface area contributed by atoms with Crippen molar-refractivity contribution in [3.8, 4) is 17.2 Å². The van der Waals surface area contributed by atoms with Crippen molar-refractivity contribution in [1.29, 1.82) is 5.26 Å². The Morgan fingerprint density at radius 3 is 1.89 bits per heavy atom. The van der Waals surface area contributed by atoms with Gasteiger partial charge in [0.25, 0.3) is 0 Å². The second kappa shape index (κ2) is 7.24. The van der Waals surface area contributed by atoms with Gasteiger partial charge in [0.1, 0.15) is 38.8 Å². The van der Waals surface area contributed by atoms with Crippen LogP contribution in [0.5, 0.6) is 0 Å². The number of piperazine rings is 1. The zero-order valence-electron chi connectivity index (χ0n) is 16.0. The predicted molar refractivity (Wildman–Crippen MR) is 110 cm³/mol. The molecule has 0 aromatic heterocycles. The molecule has 1 heterocycles. The number of benzene rings is 3.